The van der Waals surface area contributed by atoms with Gasteiger partial charge in [-0.2, -0.15) is 0 Å². The smallest absolute Gasteiger partial charge is 0.341 e. The van der Waals surface area contributed by atoms with Crippen LogP contribution in [0, 0.1) is 0 Å². The van der Waals surface area contributed by atoms with E-state index in [1.165, 1.54) is 0 Å². The summed E-state index contributed by atoms with van der Waals surface area (Å²) >= 11 is 12.7. The summed E-state index contributed by atoms with van der Waals surface area (Å²) in [6, 6.07) is 23.5. The van der Waals surface area contributed by atoms with Gasteiger partial charge in [0.1, 0.15) is 17.3 Å². The zero-order valence-electron chi connectivity index (χ0n) is 24.5. The molecule has 7 nitrogen and oxygen atoms in total. The van der Waals surface area contributed by atoms with E-state index >= 15 is 0 Å². The highest BCUT2D eigenvalue weighted by Gasteiger charge is 2.57. The van der Waals surface area contributed by atoms with Gasteiger partial charge in [0.05, 0.1) is 31.4 Å². The summed E-state index contributed by atoms with van der Waals surface area (Å²) in [4.78, 5) is 26.2. The van der Waals surface area contributed by atoms with Gasteiger partial charge in [0, 0.05) is 35.1 Å². The summed E-state index contributed by atoms with van der Waals surface area (Å²) in [5, 5.41) is 1.13. The standard InChI is InChI=1S/C34H33Cl2N3O4/c1-5-42-33(40)34(25-10-14-27(36)15-11-25)31(24-8-12-26(35)13-9-24)39(21-23-7-6-18-37-20-23)32(38-34)29-17-16-28(41-4)19-30(29)43-22(2)3/h6-20,22,31H,5,21H2,1-4H3/t31-,34+/m1/s1. The van der Waals surface area contributed by atoms with Crippen molar-refractivity contribution in [3.63, 3.8) is 0 Å². The van der Waals surface area contributed by atoms with Crippen LogP contribution >= 0.6 is 23.2 Å². The van der Waals surface area contributed by atoms with E-state index in [9.17, 15) is 4.79 Å². The van der Waals surface area contributed by atoms with Gasteiger partial charge in [-0.1, -0.05) is 53.5 Å². The number of amidine groups is 1. The minimum atomic E-state index is -1.50. The molecule has 2 atom stereocenters. The maximum atomic E-state index is 14.4. The van der Waals surface area contributed by atoms with Crippen LogP contribution in [0.5, 0.6) is 11.5 Å². The van der Waals surface area contributed by atoms with Crippen molar-refractivity contribution in [2.75, 3.05) is 13.7 Å². The highest BCUT2D eigenvalue weighted by Crippen LogP contribution is 2.51. The fraction of sp³-hybridized carbons (Fsp3) is 0.265. The van der Waals surface area contributed by atoms with Crippen molar-refractivity contribution >= 4 is 35.0 Å². The Balaban J connectivity index is 1.85. The van der Waals surface area contributed by atoms with E-state index in [4.69, 9.17) is 42.4 Å². The molecular weight excluding hydrogens is 585 g/mol. The number of hydrogen-bond acceptors (Lipinski definition) is 7. The predicted octanol–water partition coefficient (Wildman–Crippen LogP) is 7.65. The molecule has 0 N–H and O–H groups in total. The number of nitrogens with zero attached hydrogens (tertiary/aromatic N) is 3. The maximum Gasteiger partial charge on any atom is 0.341 e. The van der Waals surface area contributed by atoms with Gasteiger partial charge in [0.2, 0.25) is 5.54 Å². The number of aromatic nitrogens is 1. The normalized spacial score (nSPS) is 18.0. The van der Waals surface area contributed by atoms with Gasteiger partial charge >= 0.3 is 5.97 Å². The van der Waals surface area contributed by atoms with Crippen molar-refractivity contribution in [1.29, 1.82) is 0 Å². The second-order valence-corrected chi connectivity index (χ2v) is 11.3. The molecule has 1 aromatic heterocycles. The monoisotopic (exact) mass is 617 g/mol. The predicted molar refractivity (Wildman–Crippen MR) is 169 cm³/mol. The molecule has 0 saturated heterocycles. The Hall–Kier alpha value is -4.07. The third-order valence-electron chi connectivity index (χ3n) is 7.19. The Morgan fingerprint density at radius 3 is 2.30 bits per heavy atom. The molecule has 0 bridgehead atoms. The number of pyridine rings is 1. The van der Waals surface area contributed by atoms with Crippen LogP contribution in [0.25, 0.3) is 0 Å². The number of hydrogen-bond donors (Lipinski definition) is 0. The second-order valence-electron chi connectivity index (χ2n) is 10.4. The molecule has 0 fully saturated rings. The van der Waals surface area contributed by atoms with Crippen LogP contribution in [0.1, 0.15) is 49.1 Å². The van der Waals surface area contributed by atoms with E-state index in [0.29, 0.717) is 45.1 Å². The first kappa shape index (κ1) is 30.4. The fourth-order valence-electron chi connectivity index (χ4n) is 5.38. The number of aliphatic imine (C=N–C) groups is 1. The molecule has 9 heteroatoms. The Labute approximate surface area is 262 Å². The molecule has 3 aromatic carbocycles. The Kier molecular flexibility index (Phi) is 9.23. The minimum Gasteiger partial charge on any atom is -0.497 e. The zero-order valence-corrected chi connectivity index (χ0v) is 26.0. The molecule has 5 rings (SSSR count). The van der Waals surface area contributed by atoms with E-state index in [1.807, 2.05) is 86.8 Å². The quantitative estimate of drug-likeness (QED) is 0.170. The van der Waals surface area contributed by atoms with Gasteiger partial charge in [-0.15, -0.1) is 0 Å². The van der Waals surface area contributed by atoms with Gasteiger partial charge in [-0.25, -0.2) is 9.79 Å². The summed E-state index contributed by atoms with van der Waals surface area (Å²) < 4.78 is 17.6. The maximum absolute atomic E-state index is 14.4. The summed E-state index contributed by atoms with van der Waals surface area (Å²) in [6.07, 6.45) is 3.41. The number of rotatable bonds is 10. The first-order valence-electron chi connectivity index (χ1n) is 14.1. The SMILES string of the molecule is CCOC(=O)[C@@]1(c2ccc(Cl)cc2)N=C(c2ccc(OC)cc2OC(C)C)N(Cc2cccnc2)[C@@H]1c1ccc(Cl)cc1. The molecule has 0 spiro atoms. The van der Waals surface area contributed by atoms with Crippen molar-refractivity contribution in [1.82, 2.24) is 9.88 Å². The number of benzene rings is 3. The fourth-order valence-corrected chi connectivity index (χ4v) is 5.64. The zero-order chi connectivity index (χ0) is 30.6. The second kappa shape index (κ2) is 13.1. The molecule has 43 heavy (non-hydrogen) atoms. The number of carbonyl (C=O) groups excluding carboxylic acids is 1. The van der Waals surface area contributed by atoms with E-state index < -0.39 is 17.6 Å². The summed E-state index contributed by atoms with van der Waals surface area (Å²) in [7, 11) is 1.61. The van der Waals surface area contributed by atoms with Crippen LogP contribution in [0.3, 0.4) is 0 Å². The molecule has 1 aliphatic heterocycles. The van der Waals surface area contributed by atoms with Gasteiger partial charge in [0.15, 0.2) is 0 Å². The molecule has 4 aromatic rings. The summed E-state index contributed by atoms with van der Waals surface area (Å²) in [5.74, 6) is 1.30. The van der Waals surface area contributed by atoms with Crippen molar-refractivity contribution < 1.29 is 19.0 Å². The number of halogens is 2. The average Bonchev–Trinajstić information content (AvgIpc) is 3.33. The van der Waals surface area contributed by atoms with E-state index in [0.717, 1.165) is 11.1 Å². The Morgan fingerprint density at radius 1 is 1.00 bits per heavy atom. The van der Waals surface area contributed by atoms with Crippen LogP contribution in [0.15, 0.2) is 96.2 Å². The lowest BCUT2D eigenvalue weighted by atomic mass is 9.79. The Morgan fingerprint density at radius 2 is 1.70 bits per heavy atom. The van der Waals surface area contributed by atoms with Crippen molar-refractivity contribution in [3.8, 4) is 11.5 Å². The largest absolute Gasteiger partial charge is 0.497 e. The Bertz CT molecular complexity index is 1590. The molecular formula is C34H33Cl2N3O4. The van der Waals surface area contributed by atoms with Gasteiger partial charge < -0.3 is 19.1 Å². The molecule has 0 saturated carbocycles. The molecule has 0 amide bonds. The minimum absolute atomic E-state index is 0.127. The van der Waals surface area contributed by atoms with Crippen molar-refractivity contribution in [2.24, 2.45) is 4.99 Å². The highest BCUT2D eigenvalue weighted by molar-refractivity contribution is 6.30. The van der Waals surface area contributed by atoms with E-state index in [2.05, 4.69) is 9.88 Å². The average molecular weight is 619 g/mol. The number of methoxy groups -OCH3 is 1. The van der Waals surface area contributed by atoms with Crippen LogP contribution in [0.2, 0.25) is 10.0 Å². The molecule has 1 aliphatic rings. The third-order valence-corrected chi connectivity index (χ3v) is 7.69. The lowest BCUT2D eigenvalue weighted by Gasteiger charge is -2.37. The number of esters is 1. The lowest BCUT2D eigenvalue weighted by molar-refractivity contribution is -0.151. The van der Waals surface area contributed by atoms with E-state index in [1.54, 1.807) is 32.4 Å². The van der Waals surface area contributed by atoms with Crippen LogP contribution in [-0.4, -0.2) is 41.5 Å². The highest BCUT2D eigenvalue weighted by atomic mass is 35.5. The summed E-state index contributed by atoms with van der Waals surface area (Å²) in [5.41, 5.74) is 1.61. The molecule has 0 unspecified atom stereocenters. The number of carbonyl (C=O) groups is 1. The van der Waals surface area contributed by atoms with Crippen molar-refractivity contribution in [3.05, 3.63) is 124 Å². The molecule has 2 heterocycles. The lowest BCUT2D eigenvalue weighted by Crippen LogP contribution is -2.44. The third kappa shape index (κ3) is 6.19. The van der Waals surface area contributed by atoms with Crippen molar-refractivity contribution in [2.45, 2.75) is 45.0 Å². The molecule has 0 aliphatic carbocycles. The first-order valence-corrected chi connectivity index (χ1v) is 14.8. The molecule has 0 radical (unpaired) electrons. The van der Waals surface area contributed by atoms with E-state index in [-0.39, 0.29) is 12.7 Å². The van der Waals surface area contributed by atoms with Gasteiger partial charge in [-0.3, -0.25) is 4.98 Å². The van der Waals surface area contributed by atoms with Crippen LogP contribution in [0.4, 0.5) is 0 Å². The van der Waals surface area contributed by atoms with Gasteiger partial charge in [0.25, 0.3) is 0 Å². The van der Waals surface area contributed by atoms with Crippen LogP contribution in [-0.2, 0) is 21.6 Å². The molecule has 222 valence electrons. The topological polar surface area (TPSA) is 73.2 Å². The van der Waals surface area contributed by atoms with Gasteiger partial charge in [-0.05, 0) is 79.9 Å². The first-order chi connectivity index (χ1) is 20.8. The van der Waals surface area contributed by atoms with Crippen LogP contribution < -0.4 is 9.47 Å². The number of ether oxygens (including phenoxy) is 3. The summed E-state index contributed by atoms with van der Waals surface area (Å²) in [6.45, 7) is 6.28.